The highest BCUT2D eigenvalue weighted by molar-refractivity contribution is 9.10. The van der Waals surface area contributed by atoms with Crippen LogP contribution >= 0.6 is 27.3 Å². The van der Waals surface area contributed by atoms with Gasteiger partial charge in [-0.05, 0) is 30.3 Å². The van der Waals surface area contributed by atoms with Gasteiger partial charge in [-0.2, -0.15) is 0 Å². The Morgan fingerprint density at radius 1 is 1.15 bits per heavy atom. The summed E-state index contributed by atoms with van der Waals surface area (Å²) in [6.45, 7) is 0. The molecular formula is C15H9BrFNOS. The molecule has 3 aromatic rings. The standard InChI is InChI=1S/C15H9BrFNOS/c16-10-4-5-13(17)12(7-10)14-8-20-15(18-14)9-2-1-3-11(19)6-9/h1-8,19H. The number of benzene rings is 2. The number of thiazole rings is 1. The number of halogens is 2. The van der Waals surface area contributed by atoms with E-state index in [1.807, 2.05) is 11.4 Å². The van der Waals surface area contributed by atoms with Gasteiger partial charge in [-0.1, -0.05) is 28.1 Å². The average molecular weight is 350 g/mol. The van der Waals surface area contributed by atoms with Gasteiger partial charge in [0.25, 0.3) is 0 Å². The van der Waals surface area contributed by atoms with Crippen LogP contribution in [0.15, 0.2) is 52.3 Å². The number of hydrogen-bond donors (Lipinski definition) is 1. The van der Waals surface area contributed by atoms with Crippen LogP contribution in [-0.4, -0.2) is 10.1 Å². The van der Waals surface area contributed by atoms with Crippen molar-refractivity contribution in [1.29, 1.82) is 0 Å². The topological polar surface area (TPSA) is 33.1 Å². The summed E-state index contributed by atoms with van der Waals surface area (Å²) < 4.78 is 14.6. The van der Waals surface area contributed by atoms with E-state index < -0.39 is 0 Å². The van der Waals surface area contributed by atoms with E-state index >= 15 is 0 Å². The van der Waals surface area contributed by atoms with Crippen molar-refractivity contribution < 1.29 is 9.50 Å². The van der Waals surface area contributed by atoms with Gasteiger partial charge in [-0.15, -0.1) is 11.3 Å². The second kappa shape index (κ2) is 5.34. The smallest absolute Gasteiger partial charge is 0.132 e. The Labute approximate surface area is 127 Å². The first kappa shape index (κ1) is 13.3. The minimum absolute atomic E-state index is 0.188. The Kier molecular flexibility index (Phi) is 3.54. The van der Waals surface area contributed by atoms with Gasteiger partial charge in [0, 0.05) is 21.0 Å². The summed E-state index contributed by atoms with van der Waals surface area (Å²) in [4.78, 5) is 4.44. The lowest BCUT2D eigenvalue weighted by molar-refractivity contribution is 0.475. The molecule has 0 spiro atoms. The van der Waals surface area contributed by atoms with Crippen LogP contribution in [0.2, 0.25) is 0 Å². The van der Waals surface area contributed by atoms with Crippen molar-refractivity contribution in [1.82, 2.24) is 4.98 Å². The maximum absolute atomic E-state index is 13.8. The van der Waals surface area contributed by atoms with Gasteiger partial charge < -0.3 is 5.11 Å². The van der Waals surface area contributed by atoms with Crippen molar-refractivity contribution in [3.63, 3.8) is 0 Å². The van der Waals surface area contributed by atoms with E-state index in [2.05, 4.69) is 20.9 Å². The van der Waals surface area contributed by atoms with E-state index in [-0.39, 0.29) is 11.6 Å². The van der Waals surface area contributed by atoms with Crippen molar-refractivity contribution in [2.75, 3.05) is 0 Å². The lowest BCUT2D eigenvalue weighted by Crippen LogP contribution is -1.85. The van der Waals surface area contributed by atoms with E-state index in [4.69, 9.17) is 0 Å². The molecule has 1 N–H and O–H groups in total. The van der Waals surface area contributed by atoms with Crippen molar-refractivity contribution in [2.45, 2.75) is 0 Å². The molecule has 20 heavy (non-hydrogen) atoms. The SMILES string of the molecule is Oc1cccc(-c2nc(-c3cc(Br)ccc3F)cs2)c1. The first-order chi connectivity index (χ1) is 9.63. The molecule has 1 heterocycles. The highest BCUT2D eigenvalue weighted by Gasteiger charge is 2.11. The van der Waals surface area contributed by atoms with Gasteiger partial charge in [0.05, 0.1) is 5.69 Å². The molecule has 0 aliphatic heterocycles. The van der Waals surface area contributed by atoms with Gasteiger partial charge in [0.2, 0.25) is 0 Å². The van der Waals surface area contributed by atoms with Crippen molar-refractivity contribution in [3.8, 4) is 27.6 Å². The number of hydrogen-bond acceptors (Lipinski definition) is 3. The predicted octanol–water partition coefficient (Wildman–Crippen LogP) is 5.08. The number of aromatic hydroxyl groups is 1. The molecule has 5 heteroatoms. The summed E-state index contributed by atoms with van der Waals surface area (Å²) in [5.41, 5.74) is 1.87. The molecule has 0 saturated carbocycles. The molecule has 2 nitrogen and oxygen atoms in total. The molecule has 0 atom stereocenters. The van der Waals surface area contributed by atoms with Gasteiger partial charge in [0.1, 0.15) is 16.6 Å². The summed E-state index contributed by atoms with van der Waals surface area (Å²) >= 11 is 4.75. The summed E-state index contributed by atoms with van der Waals surface area (Å²) in [5, 5.41) is 12.0. The van der Waals surface area contributed by atoms with E-state index in [0.29, 0.717) is 11.3 Å². The molecule has 3 rings (SSSR count). The largest absolute Gasteiger partial charge is 0.508 e. The molecule has 0 unspecified atom stereocenters. The Hall–Kier alpha value is -1.72. The second-order valence-corrected chi connectivity index (χ2v) is 5.99. The average Bonchev–Trinajstić information content (AvgIpc) is 2.91. The van der Waals surface area contributed by atoms with Gasteiger partial charge >= 0.3 is 0 Å². The molecule has 2 aromatic carbocycles. The van der Waals surface area contributed by atoms with Crippen molar-refractivity contribution in [2.24, 2.45) is 0 Å². The fourth-order valence-corrected chi connectivity index (χ4v) is 3.04. The molecule has 0 fully saturated rings. The normalized spacial score (nSPS) is 10.7. The first-order valence-corrected chi connectivity index (χ1v) is 7.51. The van der Waals surface area contributed by atoms with Gasteiger partial charge in [-0.25, -0.2) is 9.37 Å². The maximum atomic E-state index is 13.8. The first-order valence-electron chi connectivity index (χ1n) is 5.84. The third kappa shape index (κ3) is 2.59. The van der Waals surface area contributed by atoms with E-state index in [1.54, 1.807) is 30.3 Å². The minimum Gasteiger partial charge on any atom is -0.508 e. The van der Waals surface area contributed by atoms with Crippen LogP contribution in [0.5, 0.6) is 5.75 Å². The number of phenols is 1. The molecule has 0 amide bonds. The lowest BCUT2D eigenvalue weighted by Gasteiger charge is -2.00. The second-order valence-electron chi connectivity index (χ2n) is 4.21. The van der Waals surface area contributed by atoms with Crippen LogP contribution in [0.4, 0.5) is 4.39 Å². The molecule has 0 aliphatic rings. The monoisotopic (exact) mass is 349 g/mol. The molecule has 0 aliphatic carbocycles. The molecule has 0 radical (unpaired) electrons. The lowest BCUT2D eigenvalue weighted by atomic mass is 10.1. The minimum atomic E-state index is -0.305. The molecule has 0 bridgehead atoms. The molecule has 1 aromatic heterocycles. The van der Waals surface area contributed by atoms with Crippen LogP contribution in [0.25, 0.3) is 21.8 Å². The Morgan fingerprint density at radius 3 is 2.80 bits per heavy atom. The van der Waals surface area contributed by atoms with Crippen LogP contribution in [0.1, 0.15) is 0 Å². The molecular weight excluding hydrogens is 341 g/mol. The molecule has 100 valence electrons. The fourth-order valence-electron chi connectivity index (χ4n) is 1.86. The third-order valence-corrected chi connectivity index (χ3v) is 4.19. The zero-order valence-electron chi connectivity index (χ0n) is 10.2. The number of nitrogens with zero attached hydrogens (tertiary/aromatic N) is 1. The Bertz CT molecular complexity index is 772. The van der Waals surface area contributed by atoms with Crippen LogP contribution < -0.4 is 0 Å². The number of phenolic OH excluding ortho intramolecular Hbond substituents is 1. The van der Waals surface area contributed by atoms with E-state index in [0.717, 1.165) is 15.0 Å². The van der Waals surface area contributed by atoms with E-state index in [1.165, 1.54) is 17.4 Å². The summed E-state index contributed by atoms with van der Waals surface area (Å²) in [6.07, 6.45) is 0. The maximum Gasteiger partial charge on any atom is 0.132 e. The van der Waals surface area contributed by atoms with Crippen LogP contribution in [-0.2, 0) is 0 Å². The quantitative estimate of drug-likeness (QED) is 0.699. The zero-order valence-corrected chi connectivity index (χ0v) is 12.6. The Morgan fingerprint density at radius 2 is 2.00 bits per heavy atom. The summed E-state index contributed by atoms with van der Waals surface area (Å²) in [5.74, 6) is -0.117. The van der Waals surface area contributed by atoms with Gasteiger partial charge in [-0.3, -0.25) is 0 Å². The van der Waals surface area contributed by atoms with Crippen molar-refractivity contribution >= 4 is 27.3 Å². The summed E-state index contributed by atoms with van der Waals surface area (Å²) in [7, 11) is 0. The third-order valence-electron chi connectivity index (χ3n) is 2.80. The highest BCUT2D eigenvalue weighted by Crippen LogP contribution is 2.32. The fraction of sp³-hybridized carbons (Fsp3) is 0. The van der Waals surface area contributed by atoms with Crippen LogP contribution in [0, 0.1) is 5.82 Å². The van der Waals surface area contributed by atoms with Crippen molar-refractivity contribution in [3.05, 3.63) is 58.1 Å². The molecule has 0 saturated heterocycles. The number of rotatable bonds is 2. The van der Waals surface area contributed by atoms with Gasteiger partial charge in [0.15, 0.2) is 0 Å². The number of aromatic nitrogens is 1. The predicted molar refractivity (Wildman–Crippen MR) is 82.3 cm³/mol. The van der Waals surface area contributed by atoms with Crippen LogP contribution in [0.3, 0.4) is 0 Å². The van der Waals surface area contributed by atoms with E-state index in [9.17, 15) is 9.50 Å². The summed E-state index contributed by atoms with van der Waals surface area (Å²) in [6, 6.07) is 11.6. The Balaban J connectivity index is 2.04. The highest BCUT2D eigenvalue weighted by atomic mass is 79.9. The zero-order chi connectivity index (χ0) is 14.1.